The molecular weight excluding hydrogens is 525 g/mol. The van der Waals surface area contributed by atoms with Crippen molar-refractivity contribution in [1.82, 2.24) is 10.2 Å². The Kier molecular flexibility index (Phi) is 7.82. The first-order valence-corrected chi connectivity index (χ1v) is 14.7. The molecule has 3 heterocycles. The van der Waals surface area contributed by atoms with Gasteiger partial charge in [0.1, 0.15) is 11.6 Å². The van der Waals surface area contributed by atoms with E-state index in [0.29, 0.717) is 22.3 Å². The van der Waals surface area contributed by atoms with Crippen molar-refractivity contribution in [1.29, 1.82) is 0 Å². The molecule has 1 spiro atoms. The fourth-order valence-corrected chi connectivity index (χ4v) is 7.20. The summed E-state index contributed by atoms with van der Waals surface area (Å²) in [6, 6.07) is 4.18. The number of ether oxygens (including phenoxy) is 1. The van der Waals surface area contributed by atoms with Gasteiger partial charge in [-0.3, -0.25) is 14.4 Å². The summed E-state index contributed by atoms with van der Waals surface area (Å²) in [4.78, 5) is 43.3. The fraction of sp³-hybridized carbons (Fsp3) is 0.621. The van der Waals surface area contributed by atoms with Crippen LogP contribution in [0.3, 0.4) is 0 Å². The van der Waals surface area contributed by atoms with Gasteiger partial charge in [-0.15, -0.1) is 0 Å². The third-order valence-corrected chi connectivity index (χ3v) is 9.46. The first-order valence-electron chi connectivity index (χ1n) is 14.0. The zero-order valence-electron chi connectivity index (χ0n) is 22.1. The molecule has 3 aliphatic heterocycles. The Morgan fingerprint density at radius 3 is 2.53 bits per heavy atom. The van der Waals surface area contributed by atoms with Gasteiger partial charge in [0.15, 0.2) is 0 Å². The number of rotatable bonds is 9. The number of likely N-dealkylation sites (tertiary alicyclic amines) is 1. The molecule has 2 saturated heterocycles. The Bertz CT molecular complexity index is 1140. The maximum Gasteiger partial charge on any atom is 0.246 e. The van der Waals surface area contributed by atoms with E-state index in [1.54, 1.807) is 23.1 Å². The van der Waals surface area contributed by atoms with Gasteiger partial charge in [-0.05, 0) is 44.4 Å². The monoisotopic (exact) mass is 561 g/mol. The molecule has 2 N–H and O–H groups in total. The number of anilines is 1. The summed E-state index contributed by atoms with van der Waals surface area (Å²) in [6.07, 6.45) is 12.9. The zero-order chi connectivity index (χ0) is 27.1. The lowest BCUT2D eigenvalue weighted by Crippen LogP contribution is -2.56. The zero-order valence-corrected chi connectivity index (χ0v) is 23.6. The highest BCUT2D eigenvalue weighted by Gasteiger charge is 2.76. The molecule has 7 nitrogen and oxygen atoms in total. The minimum Gasteiger partial charge on any atom is -0.356 e. The van der Waals surface area contributed by atoms with Crippen LogP contribution in [-0.2, 0) is 19.1 Å². The molecule has 9 heteroatoms. The van der Waals surface area contributed by atoms with Crippen molar-refractivity contribution in [2.75, 3.05) is 11.9 Å². The summed E-state index contributed by atoms with van der Waals surface area (Å²) in [6.45, 7) is 4.43. The third kappa shape index (κ3) is 4.75. The molecule has 5 rings (SSSR count). The van der Waals surface area contributed by atoms with Gasteiger partial charge >= 0.3 is 0 Å². The summed E-state index contributed by atoms with van der Waals surface area (Å²) >= 11 is 12.2. The second-order valence-corrected chi connectivity index (χ2v) is 12.2. The maximum absolute atomic E-state index is 14.1. The highest BCUT2D eigenvalue weighted by atomic mass is 35.5. The Labute approximate surface area is 234 Å². The number of hydrogen-bond donors (Lipinski definition) is 2. The molecule has 3 amide bonds. The van der Waals surface area contributed by atoms with Gasteiger partial charge in [-0.2, -0.15) is 0 Å². The lowest BCUT2D eigenvalue weighted by molar-refractivity contribution is -0.144. The standard InChI is InChI=1S/C29H37Cl2N3O4/c1-3-4-5-9-16-34-24(26(36)32-18-10-7-6-8-11-18)29-15-14-28(2,38-29)22(23(29)27(34)37)25(35)33-19-12-13-20(30)21(31)17-19/h12-15,17-18,22-24H,3-11,16H2,1-2H3,(H,32,36)(H,33,35)/t22-,23+,24+,28+,29-/m0/s1. The first-order chi connectivity index (χ1) is 18.2. The number of hydrogen-bond acceptors (Lipinski definition) is 4. The molecule has 1 aromatic rings. The van der Waals surface area contributed by atoms with Gasteiger partial charge in [-0.1, -0.05) is 80.8 Å². The van der Waals surface area contributed by atoms with Gasteiger partial charge in [0.2, 0.25) is 17.7 Å². The molecule has 0 aromatic heterocycles. The van der Waals surface area contributed by atoms with Crippen molar-refractivity contribution in [2.24, 2.45) is 11.8 Å². The molecule has 38 heavy (non-hydrogen) atoms. The van der Waals surface area contributed by atoms with Crippen LogP contribution in [0.15, 0.2) is 30.4 Å². The van der Waals surface area contributed by atoms with Crippen LogP contribution in [0.1, 0.15) is 71.6 Å². The van der Waals surface area contributed by atoms with Crippen molar-refractivity contribution in [3.8, 4) is 0 Å². The number of amides is 3. The SMILES string of the molecule is CCCCCCN1C(=O)[C@H]2[C@@H](C(=O)Nc3ccc(Cl)c(Cl)c3)[C@@]3(C)C=C[C@@]2(O3)[C@H]1C(=O)NC1CCCCC1. The van der Waals surface area contributed by atoms with Crippen molar-refractivity contribution in [2.45, 2.75) is 94.9 Å². The molecule has 206 valence electrons. The second-order valence-electron chi connectivity index (χ2n) is 11.4. The van der Waals surface area contributed by atoms with E-state index in [-0.39, 0.29) is 23.8 Å². The molecule has 2 bridgehead atoms. The Morgan fingerprint density at radius 1 is 1.05 bits per heavy atom. The number of benzene rings is 1. The molecule has 5 atom stereocenters. The molecule has 1 aliphatic carbocycles. The van der Waals surface area contributed by atoms with Crippen LogP contribution in [0.4, 0.5) is 5.69 Å². The lowest BCUT2D eigenvalue weighted by atomic mass is 9.70. The van der Waals surface area contributed by atoms with Gasteiger partial charge in [0.25, 0.3) is 0 Å². The summed E-state index contributed by atoms with van der Waals surface area (Å²) in [5, 5.41) is 6.86. The van der Waals surface area contributed by atoms with Crippen molar-refractivity contribution in [3.05, 3.63) is 40.4 Å². The Balaban J connectivity index is 1.44. The first kappa shape index (κ1) is 27.5. The fourth-order valence-electron chi connectivity index (χ4n) is 6.90. The molecule has 0 radical (unpaired) electrons. The summed E-state index contributed by atoms with van der Waals surface area (Å²) < 4.78 is 6.59. The largest absolute Gasteiger partial charge is 0.356 e. The van der Waals surface area contributed by atoms with E-state index in [0.717, 1.165) is 51.4 Å². The minimum atomic E-state index is -1.17. The summed E-state index contributed by atoms with van der Waals surface area (Å²) in [7, 11) is 0. The van der Waals surface area contributed by atoms with E-state index in [1.807, 2.05) is 19.1 Å². The van der Waals surface area contributed by atoms with Crippen LogP contribution >= 0.6 is 23.2 Å². The normalized spacial score (nSPS) is 32.1. The van der Waals surface area contributed by atoms with Crippen molar-refractivity contribution < 1.29 is 19.1 Å². The highest BCUT2D eigenvalue weighted by Crippen LogP contribution is 2.59. The number of unbranched alkanes of at least 4 members (excludes halogenated alkanes) is 3. The van der Waals surface area contributed by atoms with E-state index in [4.69, 9.17) is 27.9 Å². The number of halogens is 2. The van der Waals surface area contributed by atoms with Gasteiger partial charge < -0.3 is 20.3 Å². The van der Waals surface area contributed by atoms with Crippen molar-refractivity contribution >= 4 is 46.6 Å². The second kappa shape index (κ2) is 10.8. The number of nitrogens with zero attached hydrogens (tertiary/aromatic N) is 1. The van der Waals surface area contributed by atoms with Crippen LogP contribution in [0.2, 0.25) is 10.0 Å². The minimum absolute atomic E-state index is 0.107. The summed E-state index contributed by atoms with van der Waals surface area (Å²) in [5.74, 6) is -2.28. The Morgan fingerprint density at radius 2 is 1.82 bits per heavy atom. The molecule has 3 fully saturated rings. The number of fused-ring (bicyclic) bond motifs is 1. The molecule has 1 saturated carbocycles. The van der Waals surface area contributed by atoms with E-state index in [2.05, 4.69) is 17.6 Å². The maximum atomic E-state index is 14.1. The molecule has 0 unspecified atom stereocenters. The van der Waals surface area contributed by atoms with Crippen LogP contribution in [0.25, 0.3) is 0 Å². The average molecular weight is 563 g/mol. The Hall–Kier alpha value is -2.09. The van der Waals surface area contributed by atoms with E-state index < -0.39 is 29.1 Å². The smallest absolute Gasteiger partial charge is 0.246 e. The van der Waals surface area contributed by atoms with Crippen LogP contribution < -0.4 is 10.6 Å². The summed E-state index contributed by atoms with van der Waals surface area (Å²) in [5.41, 5.74) is -1.69. The van der Waals surface area contributed by atoms with Gasteiger partial charge in [-0.25, -0.2) is 0 Å². The van der Waals surface area contributed by atoms with Gasteiger partial charge in [0, 0.05) is 18.3 Å². The van der Waals surface area contributed by atoms with Crippen LogP contribution in [0.5, 0.6) is 0 Å². The predicted octanol–water partition coefficient (Wildman–Crippen LogP) is 5.50. The van der Waals surface area contributed by atoms with E-state index in [9.17, 15) is 14.4 Å². The van der Waals surface area contributed by atoms with E-state index in [1.165, 1.54) is 6.42 Å². The molecule has 1 aromatic carbocycles. The third-order valence-electron chi connectivity index (χ3n) is 8.72. The number of carbonyl (C=O) groups is 3. The lowest BCUT2D eigenvalue weighted by Gasteiger charge is -2.34. The van der Waals surface area contributed by atoms with E-state index >= 15 is 0 Å². The molecular formula is C29H37Cl2N3O4. The van der Waals surface area contributed by atoms with Crippen molar-refractivity contribution in [3.63, 3.8) is 0 Å². The van der Waals surface area contributed by atoms with Crippen LogP contribution in [0, 0.1) is 11.8 Å². The molecule has 4 aliphatic rings. The van der Waals surface area contributed by atoms with Gasteiger partial charge in [0.05, 0.1) is 27.5 Å². The predicted molar refractivity (Wildman–Crippen MR) is 148 cm³/mol. The number of carbonyl (C=O) groups excluding carboxylic acids is 3. The quantitative estimate of drug-likeness (QED) is 0.307. The van der Waals surface area contributed by atoms with Crippen LogP contribution in [-0.4, -0.2) is 52.5 Å². The number of nitrogens with one attached hydrogen (secondary N) is 2. The topological polar surface area (TPSA) is 87.7 Å². The average Bonchev–Trinajstić information content (AvgIpc) is 3.45. The highest BCUT2D eigenvalue weighted by molar-refractivity contribution is 6.42.